The van der Waals surface area contributed by atoms with E-state index in [0.717, 1.165) is 19.4 Å². The number of likely N-dealkylation sites (tertiary alicyclic amines) is 1. The Morgan fingerprint density at radius 2 is 2.06 bits per heavy atom. The average molecular weight is 252 g/mol. The summed E-state index contributed by atoms with van der Waals surface area (Å²) in [5.41, 5.74) is -0.450. The first-order chi connectivity index (χ1) is 8.46. The van der Waals surface area contributed by atoms with E-state index in [1.165, 1.54) is 0 Å². The van der Waals surface area contributed by atoms with Crippen LogP contribution in [0.1, 0.15) is 33.6 Å². The third-order valence-electron chi connectivity index (χ3n) is 2.85. The molecule has 1 aliphatic heterocycles. The lowest BCUT2D eigenvalue weighted by Gasteiger charge is -2.28. The number of hydrogen-bond donors (Lipinski definition) is 0. The molecule has 0 saturated carbocycles. The van der Waals surface area contributed by atoms with Gasteiger partial charge in [0, 0.05) is 6.54 Å². The van der Waals surface area contributed by atoms with Crippen LogP contribution in [0.15, 0.2) is 12.4 Å². The number of carbonyl (C=O) groups is 1. The summed E-state index contributed by atoms with van der Waals surface area (Å²) in [5, 5.41) is 8.15. The second-order valence-corrected chi connectivity index (χ2v) is 5.55. The molecule has 2 rings (SSSR count). The van der Waals surface area contributed by atoms with Gasteiger partial charge in [0.2, 0.25) is 0 Å². The largest absolute Gasteiger partial charge is 0.444 e. The van der Waals surface area contributed by atoms with Crippen LogP contribution in [0.3, 0.4) is 0 Å². The molecule has 0 aliphatic carbocycles. The average Bonchev–Trinajstić information content (AvgIpc) is 2.86. The van der Waals surface area contributed by atoms with E-state index in [2.05, 4.69) is 10.2 Å². The van der Waals surface area contributed by atoms with Gasteiger partial charge >= 0.3 is 6.09 Å². The third-order valence-corrected chi connectivity index (χ3v) is 2.85. The van der Waals surface area contributed by atoms with E-state index in [9.17, 15) is 4.79 Å². The summed E-state index contributed by atoms with van der Waals surface area (Å²) in [7, 11) is 0. The van der Waals surface area contributed by atoms with Gasteiger partial charge in [-0.15, -0.1) is 0 Å². The topological polar surface area (TPSA) is 60.2 Å². The van der Waals surface area contributed by atoms with Crippen LogP contribution in [0.5, 0.6) is 0 Å². The van der Waals surface area contributed by atoms with E-state index in [1.807, 2.05) is 20.8 Å². The molecule has 1 aromatic rings. The van der Waals surface area contributed by atoms with Gasteiger partial charge in [0.25, 0.3) is 0 Å². The zero-order chi connectivity index (χ0) is 13.2. The number of carbonyl (C=O) groups excluding carboxylic acids is 1. The van der Waals surface area contributed by atoms with Crippen molar-refractivity contribution in [2.75, 3.05) is 6.54 Å². The molecule has 1 aliphatic rings. The lowest BCUT2D eigenvalue weighted by Crippen LogP contribution is -2.41. The van der Waals surface area contributed by atoms with E-state index in [1.54, 1.807) is 22.1 Å². The summed E-state index contributed by atoms with van der Waals surface area (Å²) in [6, 6.07) is 0.132. The molecule has 100 valence electrons. The second kappa shape index (κ2) is 4.96. The highest BCUT2D eigenvalue weighted by molar-refractivity contribution is 5.68. The van der Waals surface area contributed by atoms with Gasteiger partial charge < -0.3 is 9.64 Å². The lowest BCUT2D eigenvalue weighted by atomic mass is 10.2. The molecule has 1 fully saturated rings. The first kappa shape index (κ1) is 12.9. The fourth-order valence-electron chi connectivity index (χ4n) is 2.11. The van der Waals surface area contributed by atoms with Gasteiger partial charge in [-0.3, -0.25) is 0 Å². The smallest absolute Gasteiger partial charge is 0.410 e. The minimum absolute atomic E-state index is 0.132. The first-order valence-corrected chi connectivity index (χ1v) is 6.29. The van der Waals surface area contributed by atoms with E-state index in [4.69, 9.17) is 4.74 Å². The number of amides is 1. The highest BCUT2D eigenvalue weighted by Crippen LogP contribution is 2.21. The maximum Gasteiger partial charge on any atom is 0.410 e. The van der Waals surface area contributed by atoms with Crippen LogP contribution in [0.25, 0.3) is 0 Å². The molecule has 0 bridgehead atoms. The quantitative estimate of drug-likeness (QED) is 0.803. The maximum absolute atomic E-state index is 12.1. The highest BCUT2D eigenvalue weighted by Gasteiger charge is 2.32. The molecule has 1 aromatic heterocycles. The Morgan fingerprint density at radius 1 is 1.39 bits per heavy atom. The van der Waals surface area contributed by atoms with Crippen molar-refractivity contribution < 1.29 is 9.53 Å². The SMILES string of the molecule is CC(C)(C)OC(=O)N1CCC[C@H]1Cn1nccn1. The van der Waals surface area contributed by atoms with Crippen LogP contribution >= 0.6 is 0 Å². The fraction of sp³-hybridized carbons (Fsp3) is 0.750. The van der Waals surface area contributed by atoms with Gasteiger partial charge in [0.1, 0.15) is 5.60 Å². The zero-order valence-corrected chi connectivity index (χ0v) is 11.2. The summed E-state index contributed by atoms with van der Waals surface area (Å²) in [6.45, 7) is 7.02. The van der Waals surface area contributed by atoms with Gasteiger partial charge in [-0.25, -0.2) is 4.79 Å². The summed E-state index contributed by atoms with van der Waals surface area (Å²) in [5.74, 6) is 0. The summed E-state index contributed by atoms with van der Waals surface area (Å²) >= 11 is 0. The number of rotatable bonds is 2. The van der Waals surface area contributed by atoms with Crippen molar-refractivity contribution in [1.82, 2.24) is 19.9 Å². The van der Waals surface area contributed by atoms with Crippen molar-refractivity contribution in [3.8, 4) is 0 Å². The minimum Gasteiger partial charge on any atom is -0.444 e. The molecular formula is C12H20N4O2. The van der Waals surface area contributed by atoms with Crippen molar-refractivity contribution >= 4 is 6.09 Å². The second-order valence-electron chi connectivity index (χ2n) is 5.55. The van der Waals surface area contributed by atoms with Crippen LogP contribution in [-0.2, 0) is 11.3 Å². The van der Waals surface area contributed by atoms with E-state index < -0.39 is 5.60 Å². The van der Waals surface area contributed by atoms with Crippen molar-refractivity contribution in [2.24, 2.45) is 0 Å². The van der Waals surface area contributed by atoms with Crippen molar-refractivity contribution in [3.63, 3.8) is 0 Å². The lowest BCUT2D eigenvalue weighted by molar-refractivity contribution is 0.0208. The Hall–Kier alpha value is -1.59. The molecule has 1 saturated heterocycles. The van der Waals surface area contributed by atoms with Crippen LogP contribution in [0, 0.1) is 0 Å². The van der Waals surface area contributed by atoms with Crippen molar-refractivity contribution in [2.45, 2.75) is 51.8 Å². The molecule has 0 spiro atoms. The summed E-state index contributed by atoms with van der Waals surface area (Å²) < 4.78 is 5.41. The molecule has 0 N–H and O–H groups in total. The highest BCUT2D eigenvalue weighted by atomic mass is 16.6. The van der Waals surface area contributed by atoms with Crippen molar-refractivity contribution in [1.29, 1.82) is 0 Å². The maximum atomic E-state index is 12.1. The van der Waals surface area contributed by atoms with Crippen LogP contribution < -0.4 is 0 Å². The monoisotopic (exact) mass is 252 g/mol. The van der Waals surface area contributed by atoms with Crippen LogP contribution in [0.4, 0.5) is 4.79 Å². The van der Waals surface area contributed by atoms with Gasteiger partial charge in [-0.1, -0.05) is 0 Å². The minimum atomic E-state index is -0.450. The third kappa shape index (κ3) is 3.21. The van der Waals surface area contributed by atoms with Crippen LogP contribution in [-0.4, -0.2) is 44.2 Å². The predicted molar refractivity (Wildman–Crippen MR) is 66.0 cm³/mol. The number of hydrogen-bond acceptors (Lipinski definition) is 4. The van der Waals surface area contributed by atoms with E-state index in [-0.39, 0.29) is 12.1 Å². The van der Waals surface area contributed by atoms with E-state index in [0.29, 0.717) is 6.54 Å². The molecule has 0 radical (unpaired) electrons. The Balaban J connectivity index is 1.97. The number of ether oxygens (including phenoxy) is 1. The Kier molecular flexibility index (Phi) is 3.54. The van der Waals surface area contributed by atoms with Gasteiger partial charge in [-0.2, -0.15) is 15.0 Å². The summed E-state index contributed by atoms with van der Waals surface area (Å²) in [6.07, 6.45) is 5.03. The normalized spacial score (nSPS) is 20.2. The van der Waals surface area contributed by atoms with Gasteiger partial charge in [0.05, 0.1) is 25.0 Å². The molecule has 2 heterocycles. The fourth-order valence-corrected chi connectivity index (χ4v) is 2.11. The molecule has 0 aromatic carbocycles. The van der Waals surface area contributed by atoms with E-state index >= 15 is 0 Å². The molecule has 6 nitrogen and oxygen atoms in total. The first-order valence-electron chi connectivity index (χ1n) is 6.29. The number of nitrogens with zero attached hydrogens (tertiary/aromatic N) is 4. The Morgan fingerprint density at radius 3 is 2.67 bits per heavy atom. The van der Waals surface area contributed by atoms with Crippen LogP contribution in [0.2, 0.25) is 0 Å². The molecule has 1 atom stereocenters. The Labute approximate surface area is 107 Å². The molecule has 6 heteroatoms. The van der Waals surface area contributed by atoms with Gasteiger partial charge in [0.15, 0.2) is 0 Å². The molecular weight excluding hydrogens is 232 g/mol. The Bertz CT molecular complexity index is 397. The zero-order valence-electron chi connectivity index (χ0n) is 11.2. The standard InChI is InChI=1S/C12H20N4O2/c1-12(2,3)18-11(17)15-8-4-5-10(15)9-16-13-6-7-14-16/h6-7,10H,4-5,8-9H2,1-3H3/t10-/m0/s1. The van der Waals surface area contributed by atoms with Gasteiger partial charge in [-0.05, 0) is 33.6 Å². The number of aromatic nitrogens is 3. The van der Waals surface area contributed by atoms with Crippen molar-refractivity contribution in [3.05, 3.63) is 12.4 Å². The molecule has 18 heavy (non-hydrogen) atoms. The molecule has 0 unspecified atom stereocenters. The molecule has 1 amide bonds. The summed E-state index contributed by atoms with van der Waals surface area (Å²) in [4.78, 5) is 15.5. The predicted octanol–water partition coefficient (Wildman–Crippen LogP) is 1.68.